The van der Waals surface area contributed by atoms with E-state index in [9.17, 15) is 0 Å². The van der Waals surface area contributed by atoms with E-state index in [1.165, 1.54) is 6.33 Å². The summed E-state index contributed by atoms with van der Waals surface area (Å²) in [5.74, 6) is 0.966. The first kappa shape index (κ1) is 12.1. The Kier molecular flexibility index (Phi) is 3.78. The van der Waals surface area contributed by atoms with Gasteiger partial charge in [-0.3, -0.25) is 0 Å². The summed E-state index contributed by atoms with van der Waals surface area (Å²) < 4.78 is 5.56. The Bertz CT molecular complexity index is 534. The van der Waals surface area contributed by atoms with Gasteiger partial charge in [-0.2, -0.15) is 0 Å². The van der Waals surface area contributed by atoms with Crippen molar-refractivity contribution >= 4 is 23.2 Å². The van der Waals surface area contributed by atoms with Gasteiger partial charge >= 0.3 is 0 Å². The molecule has 0 unspecified atom stereocenters. The van der Waals surface area contributed by atoms with Crippen molar-refractivity contribution in [2.45, 2.75) is 6.54 Å². The van der Waals surface area contributed by atoms with Gasteiger partial charge in [0.05, 0.1) is 10.0 Å². The average molecular weight is 270 g/mol. The van der Waals surface area contributed by atoms with Gasteiger partial charge in [0.25, 0.3) is 0 Å². The molecule has 0 radical (unpaired) electrons. The summed E-state index contributed by atoms with van der Waals surface area (Å²) in [5.41, 5.74) is 6.27. The third-order valence-electron chi connectivity index (χ3n) is 2.07. The normalized spacial score (nSPS) is 10.3. The largest absolute Gasteiger partial charge is 0.439 e. The third-order valence-corrected chi connectivity index (χ3v) is 2.81. The lowest BCUT2D eigenvalue weighted by Crippen LogP contribution is -2.01. The number of halogens is 2. The average Bonchev–Trinajstić information content (AvgIpc) is 2.34. The fourth-order valence-corrected chi connectivity index (χ4v) is 1.52. The summed E-state index contributed by atoms with van der Waals surface area (Å²) in [6, 6.07) is 4.98. The number of nitrogens with zero attached hydrogens (tertiary/aromatic N) is 2. The number of aromatic nitrogens is 2. The molecule has 17 heavy (non-hydrogen) atoms. The molecule has 6 heteroatoms. The van der Waals surface area contributed by atoms with E-state index in [1.54, 1.807) is 24.4 Å². The molecule has 0 spiro atoms. The predicted molar refractivity (Wildman–Crippen MR) is 66.5 cm³/mol. The van der Waals surface area contributed by atoms with Crippen molar-refractivity contribution in [3.8, 4) is 11.6 Å². The first-order chi connectivity index (χ1) is 8.20. The Balaban J connectivity index is 2.28. The van der Waals surface area contributed by atoms with E-state index in [0.717, 1.165) is 5.56 Å². The Hall–Kier alpha value is -1.36. The SMILES string of the molecule is NCc1cncnc1Oc1ccc(Cl)c(Cl)c1. The number of rotatable bonds is 3. The quantitative estimate of drug-likeness (QED) is 0.931. The molecule has 88 valence electrons. The highest BCUT2D eigenvalue weighted by molar-refractivity contribution is 6.42. The molecular weight excluding hydrogens is 261 g/mol. The van der Waals surface area contributed by atoms with Crippen LogP contribution < -0.4 is 10.5 Å². The Morgan fingerprint density at radius 3 is 2.76 bits per heavy atom. The molecule has 0 bridgehead atoms. The minimum atomic E-state index is 0.303. The number of benzene rings is 1. The second-order valence-electron chi connectivity index (χ2n) is 3.24. The van der Waals surface area contributed by atoms with Crippen LogP contribution in [-0.4, -0.2) is 9.97 Å². The highest BCUT2D eigenvalue weighted by atomic mass is 35.5. The van der Waals surface area contributed by atoms with Gasteiger partial charge in [0.2, 0.25) is 5.88 Å². The van der Waals surface area contributed by atoms with Crippen molar-refractivity contribution in [1.29, 1.82) is 0 Å². The maximum Gasteiger partial charge on any atom is 0.226 e. The van der Waals surface area contributed by atoms with Crippen LogP contribution in [0.3, 0.4) is 0 Å². The van der Waals surface area contributed by atoms with Crippen LogP contribution in [0.4, 0.5) is 0 Å². The monoisotopic (exact) mass is 269 g/mol. The van der Waals surface area contributed by atoms with Crippen molar-refractivity contribution < 1.29 is 4.74 Å². The standard InChI is InChI=1S/C11H9Cl2N3O/c12-9-2-1-8(3-10(9)13)17-11-7(4-14)5-15-6-16-11/h1-3,5-6H,4,14H2. The first-order valence-electron chi connectivity index (χ1n) is 4.82. The summed E-state index contributed by atoms with van der Waals surface area (Å²) in [4.78, 5) is 7.88. The summed E-state index contributed by atoms with van der Waals surface area (Å²) in [7, 11) is 0. The molecule has 0 fully saturated rings. The van der Waals surface area contributed by atoms with Gasteiger partial charge in [0.15, 0.2) is 0 Å². The van der Waals surface area contributed by atoms with Crippen LogP contribution in [-0.2, 0) is 6.54 Å². The van der Waals surface area contributed by atoms with E-state index >= 15 is 0 Å². The maximum absolute atomic E-state index is 5.88. The van der Waals surface area contributed by atoms with Crippen LogP contribution in [0.2, 0.25) is 10.0 Å². The Morgan fingerprint density at radius 1 is 1.24 bits per heavy atom. The molecule has 2 aromatic rings. The maximum atomic E-state index is 5.88. The summed E-state index contributed by atoms with van der Waals surface area (Å²) in [6.45, 7) is 0.303. The van der Waals surface area contributed by atoms with Crippen molar-refractivity contribution in [3.63, 3.8) is 0 Å². The van der Waals surface area contributed by atoms with Crippen LogP contribution in [0, 0.1) is 0 Å². The zero-order chi connectivity index (χ0) is 12.3. The number of hydrogen-bond acceptors (Lipinski definition) is 4. The van der Waals surface area contributed by atoms with Crippen molar-refractivity contribution in [2.75, 3.05) is 0 Å². The summed E-state index contributed by atoms with van der Waals surface area (Å²) in [5, 5.41) is 0.897. The van der Waals surface area contributed by atoms with E-state index in [1.807, 2.05) is 0 Å². The molecule has 0 amide bonds. The van der Waals surface area contributed by atoms with Gasteiger partial charge in [-0.15, -0.1) is 0 Å². The zero-order valence-electron chi connectivity index (χ0n) is 8.73. The van der Waals surface area contributed by atoms with E-state index in [4.69, 9.17) is 33.7 Å². The fraction of sp³-hybridized carbons (Fsp3) is 0.0909. The lowest BCUT2D eigenvalue weighted by Gasteiger charge is -2.08. The van der Waals surface area contributed by atoms with Crippen LogP contribution in [0.25, 0.3) is 0 Å². The fourth-order valence-electron chi connectivity index (χ4n) is 1.23. The van der Waals surface area contributed by atoms with Crippen LogP contribution in [0.1, 0.15) is 5.56 Å². The van der Waals surface area contributed by atoms with E-state index in [2.05, 4.69) is 9.97 Å². The third kappa shape index (κ3) is 2.85. The Labute approximate surface area is 108 Å². The first-order valence-corrected chi connectivity index (χ1v) is 5.58. The molecule has 1 heterocycles. The topological polar surface area (TPSA) is 61.0 Å². The van der Waals surface area contributed by atoms with Crippen LogP contribution in [0.5, 0.6) is 11.6 Å². The van der Waals surface area contributed by atoms with Gasteiger partial charge in [-0.1, -0.05) is 23.2 Å². The molecule has 0 aliphatic heterocycles. The van der Waals surface area contributed by atoms with Crippen molar-refractivity contribution in [3.05, 3.63) is 46.3 Å². The highest BCUT2D eigenvalue weighted by Crippen LogP contribution is 2.29. The molecule has 2 rings (SSSR count). The van der Waals surface area contributed by atoms with E-state index < -0.39 is 0 Å². The van der Waals surface area contributed by atoms with Gasteiger partial charge in [-0.25, -0.2) is 9.97 Å². The number of nitrogens with two attached hydrogens (primary N) is 1. The number of ether oxygens (including phenoxy) is 1. The number of hydrogen-bond donors (Lipinski definition) is 1. The molecule has 0 saturated heterocycles. The van der Waals surface area contributed by atoms with Crippen LogP contribution >= 0.6 is 23.2 Å². The lowest BCUT2D eigenvalue weighted by atomic mass is 10.3. The molecule has 1 aromatic heterocycles. The zero-order valence-corrected chi connectivity index (χ0v) is 10.2. The van der Waals surface area contributed by atoms with Gasteiger partial charge < -0.3 is 10.5 Å². The smallest absolute Gasteiger partial charge is 0.226 e. The molecule has 0 atom stereocenters. The van der Waals surface area contributed by atoms with E-state index in [0.29, 0.717) is 28.2 Å². The minimum absolute atomic E-state index is 0.303. The van der Waals surface area contributed by atoms with Gasteiger partial charge in [0, 0.05) is 24.4 Å². The second kappa shape index (κ2) is 5.31. The minimum Gasteiger partial charge on any atom is -0.439 e. The second-order valence-corrected chi connectivity index (χ2v) is 4.05. The molecule has 0 aliphatic rings. The summed E-state index contributed by atoms with van der Waals surface area (Å²) in [6.07, 6.45) is 3.01. The molecule has 1 aromatic carbocycles. The molecule has 4 nitrogen and oxygen atoms in total. The van der Waals surface area contributed by atoms with Crippen LogP contribution in [0.15, 0.2) is 30.7 Å². The molecular formula is C11H9Cl2N3O. The van der Waals surface area contributed by atoms with E-state index in [-0.39, 0.29) is 0 Å². The highest BCUT2D eigenvalue weighted by Gasteiger charge is 2.06. The van der Waals surface area contributed by atoms with Gasteiger partial charge in [-0.05, 0) is 12.1 Å². The molecule has 0 saturated carbocycles. The van der Waals surface area contributed by atoms with Crippen molar-refractivity contribution in [2.24, 2.45) is 5.73 Å². The molecule has 0 aliphatic carbocycles. The summed E-state index contributed by atoms with van der Waals surface area (Å²) >= 11 is 11.7. The van der Waals surface area contributed by atoms with Crippen molar-refractivity contribution in [1.82, 2.24) is 9.97 Å². The molecule has 2 N–H and O–H groups in total. The predicted octanol–water partition coefficient (Wildman–Crippen LogP) is 3.03. The lowest BCUT2D eigenvalue weighted by molar-refractivity contribution is 0.454. The van der Waals surface area contributed by atoms with Gasteiger partial charge in [0.1, 0.15) is 12.1 Å². The Morgan fingerprint density at radius 2 is 2.06 bits per heavy atom.